The SMILES string of the molecule is Cc1cscc1-c1nc(Cl)c2c(n1)CSC2. The van der Waals surface area contributed by atoms with Crippen LogP contribution in [0.5, 0.6) is 0 Å². The Labute approximate surface area is 107 Å². The highest BCUT2D eigenvalue weighted by molar-refractivity contribution is 7.98. The van der Waals surface area contributed by atoms with Gasteiger partial charge in [-0.1, -0.05) is 11.6 Å². The zero-order valence-corrected chi connectivity index (χ0v) is 11.0. The lowest BCUT2D eigenvalue weighted by Gasteiger charge is -2.04. The van der Waals surface area contributed by atoms with Gasteiger partial charge in [-0.15, -0.1) is 0 Å². The van der Waals surface area contributed by atoms with Crippen molar-refractivity contribution < 1.29 is 0 Å². The van der Waals surface area contributed by atoms with Crippen molar-refractivity contribution in [3.63, 3.8) is 0 Å². The molecule has 0 fully saturated rings. The van der Waals surface area contributed by atoms with E-state index in [1.165, 1.54) is 5.56 Å². The number of fused-ring (bicyclic) bond motifs is 1. The number of thiophene rings is 1. The van der Waals surface area contributed by atoms with Crippen molar-refractivity contribution >= 4 is 34.7 Å². The molecule has 0 saturated carbocycles. The van der Waals surface area contributed by atoms with Gasteiger partial charge in [-0.05, 0) is 17.9 Å². The highest BCUT2D eigenvalue weighted by Gasteiger charge is 2.19. The summed E-state index contributed by atoms with van der Waals surface area (Å²) in [6.45, 7) is 2.07. The predicted molar refractivity (Wildman–Crippen MR) is 70.1 cm³/mol. The number of aromatic nitrogens is 2. The van der Waals surface area contributed by atoms with Crippen molar-refractivity contribution in [2.75, 3.05) is 0 Å². The Morgan fingerprint density at radius 1 is 1.25 bits per heavy atom. The van der Waals surface area contributed by atoms with Gasteiger partial charge in [-0.2, -0.15) is 23.1 Å². The molecule has 0 radical (unpaired) electrons. The van der Waals surface area contributed by atoms with E-state index < -0.39 is 0 Å². The lowest BCUT2D eigenvalue weighted by atomic mass is 10.2. The van der Waals surface area contributed by atoms with Crippen LogP contribution in [0.3, 0.4) is 0 Å². The minimum Gasteiger partial charge on any atom is -0.232 e. The van der Waals surface area contributed by atoms with E-state index in [4.69, 9.17) is 11.6 Å². The quantitative estimate of drug-likeness (QED) is 0.734. The van der Waals surface area contributed by atoms with E-state index in [9.17, 15) is 0 Å². The molecule has 0 amide bonds. The zero-order chi connectivity index (χ0) is 11.1. The Morgan fingerprint density at radius 2 is 2.12 bits per heavy atom. The number of hydrogen-bond acceptors (Lipinski definition) is 4. The van der Waals surface area contributed by atoms with E-state index in [0.29, 0.717) is 5.15 Å². The van der Waals surface area contributed by atoms with Crippen molar-refractivity contribution in [2.24, 2.45) is 0 Å². The highest BCUT2D eigenvalue weighted by atomic mass is 35.5. The van der Waals surface area contributed by atoms with E-state index in [2.05, 4.69) is 27.7 Å². The molecule has 3 rings (SSSR count). The molecule has 0 aliphatic carbocycles. The second kappa shape index (κ2) is 4.02. The molecule has 1 aliphatic heterocycles. The van der Waals surface area contributed by atoms with Crippen LogP contribution in [0.4, 0.5) is 0 Å². The zero-order valence-electron chi connectivity index (χ0n) is 8.66. The third kappa shape index (κ3) is 1.65. The summed E-state index contributed by atoms with van der Waals surface area (Å²) < 4.78 is 0. The maximum absolute atomic E-state index is 6.18. The summed E-state index contributed by atoms with van der Waals surface area (Å²) in [5.41, 5.74) is 4.53. The van der Waals surface area contributed by atoms with Crippen molar-refractivity contribution in [1.29, 1.82) is 0 Å². The highest BCUT2D eigenvalue weighted by Crippen LogP contribution is 2.35. The molecule has 0 saturated heterocycles. The molecule has 2 aromatic rings. The van der Waals surface area contributed by atoms with E-state index in [-0.39, 0.29) is 0 Å². The average molecular weight is 269 g/mol. The van der Waals surface area contributed by atoms with E-state index >= 15 is 0 Å². The third-order valence-electron chi connectivity index (χ3n) is 2.62. The van der Waals surface area contributed by atoms with E-state index in [0.717, 1.165) is 34.2 Å². The summed E-state index contributed by atoms with van der Waals surface area (Å²) in [4.78, 5) is 9.00. The molecule has 16 heavy (non-hydrogen) atoms. The Bertz CT molecular complexity index is 551. The number of hydrogen-bond donors (Lipinski definition) is 0. The first-order chi connectivity index (χ1) is 7.75. The van der Waals surface area contributed by atoms with Gasteiger partial charge in [0.1, 0.15) is 5.15 Å². The first-order valence-corrected chi connectivity index (χ1v) is 7.39. The number of aryl methyl sites for hydroxylation is 1. The van der Waals surface area contributed by atoms with Crippen molar-refractivity contribution in [1.82, 2.24) is 9.97 Å². The van der Waals surface area contributed by atoms with Crippen molar-refractivity contribution in [2.45, 2.75) is 18.4 Å². The van der Waals surface area contributed by atoms with Crippen molar-refractivity contribution in [3.05, 3.63) is 32.7 Å². The van der Waals surface area contributed by atoms with E-state index in [1.54, 1.807) is 11.3 Å². The molecule has 0 N–H and O–H groups in total. The van der Waals surface area contributed by atoms with Gasteiger partial charge in [0.25, 0.3) is 0 Å². The molecule has 1 aliphatic rings. The smallest absolute Gasteiger partial charge is 0.162 e. The predicted octanol–water partition coefficient (Wildman–Crippen LogP) is 3.91. The van der Waals surface area contributed by atoms with Crippen LogP contribution in [0.15, 0.2) is 10.8 Å². The number of thioether (sulfide) groups is 1. The molecule has 0 unspecified atom stereocenters. The summed E-state index contributed by atoms with van der Waals surface area (Å²) in [5, 5.41) is 4.81. The van der Waals surface area contributed by atoms with Gasteiger partial charge in [0.15, 0.2) is 5.82 Å². The average Bonchev–Trinajstić information content (AvgIpc) is 2.85. The summed E-state index contributed by atoms with van der Waals surface area (Å²) in [5.74, 6) is 2.66. The monoisotopic (exact) mass is 268 g/mol. The number of nitrogens with zero attached hydrogens (tertiary/aromatic N) is 2. The van der Waals surface area contributed by atoms with Crippen molar-refractivity contribution in [3.8, 4) is 11.4 Å². The number of halogens is 1. The topological polar surface area (TPSA) is 25.8 Å². The molecule has 2 aromatic heterocycles. The minimum absolute atomic E-state index is 0.621. The van der Waals surface area contributed by atoms with Crippen LogP contribution >= 0.6 is 34.7 Å². The van der Waals surface area contributed by atoms with Crippen LogP contribution in [-0.2, 0) is 11.5 Å². The molecule has 3 heterocycles. The maximum Gasteiger partial charge on any atom is 0.162 e. The third-order valence-corrected chi connectivity index (χ3v) is 4.77. The molecule has 2 nitrogen and oxygen atoms in total. The first kappa shape index (κ1) is 10.6. The molecule has 0 atom stereocenters. The molecule has 0 bridgehead atoms. The van der Waals surface area contributed by atoms with Crippen LogP contribution in [-0.4, -0.2) is 9.97 Å². The van der Waals surface area contributed by atoms with Crippen LogP contribution in [0.1, 0.15) is 16.8 Å². The fourth-order valence-electron chi connectivity index (χ4n) is 1.72. The number of rotatable bonds is 1. The van der Waals surface area contributed by atoms with Gasteiger partial charge in [-0.3, -0.25) is 0 Å². The maximum atomic E-state index is 6.18. The molecular formula is C11H9ClN2S2. The summed E-state index contributed by atoms with van der Waals surface area (Å²) in [6.07, 6.45) is 0. The Kier molecular flexibility index (Phi) is 2.65. The molecule has 5 heteroatoms. The second-order valence-corrected chi connectivity index (χ2v) is 5.81. The first-order valence-electron chi connectivity index (χ1n) is 4.92. The Balaban J connectivity index is 2.17. The fraction of sp³-hybridized carbons (Fsp3) is 0.273. The summed E-state index contributed by atoms with van der Waals surface area (Å²) >= 11 is 9.70. The van der Waals surface area contributed by atoms with Crippen LogP contribution in [0, 0.1) is 6.92 Å². The van der Waals surface area contributed by atoms with Gasteiger partial charge < -0.3 is 0 Å². The standard InChI is InChI=1S/C11H9ClN2S2/c1-6-2-15-3-7(6)11-13-9-5-16-4-8(9)10(12)14-11/h2-3H,4-5H2,1H3. The van der Waals surface area contributed by atoms with Gasteiger partial charge in [0, 0.05) is 28.0 Å². The van der Waals surface area contributed by atoms with Crippen LogP contribution in [0.25, 0.3) is 11.4 Å². The molecule has 0 aromatic carbocycles. The fourth-order valence-corrected chi connectivity index (χ4v) is 3.93. The molecule has 82 valence electrons. The molecule has 0 spiro atoms. The van der Waals surface area contributed by atoms with Crippen LogP contribution in [0.2, 0.25) is 5.15 Å². The van der Waals surface area contributed by atoms with Gasteiger partial charge in [-0.25, -0.2) is 9.97 Å². The van der Waals surface area contributed by atoms with Gasteiger partial charge in [0.2, 0.25) is 0 Å². The summed E-state index contributed by atoms with van der Waals surface area (Å²) in [6, 6.07) is 0. The van der Waals surface area contributed by atoms with Gasteiger partial charge >= 0.3 is 0 Å². The minimum atomic E-state index is 0.621. The Morgan fingerprint density at radius 3 is 2.88 bits per heavy atom. The van der Waals surface area contributed by atoms with Crippen LogP contribution < -0.4 is 0 Å². The largest absolute Gasteiger partial charge is 0.232 e. The lowest BCUT2D eigenvalue weighted by Crippen LogP contribution is -1.97. The normalized spacial score (nSPS) is 14.1. The molecular weight excluding hydrogens is 260 g/mol. The Hall–Kier alpha value is -0.580. The van der Waals surface area contributed by atoms with E-state index in [1.807, 2.05) is 11.8 Å². The second-order valence-electron chi connectivity index (χ2n) is 3.72. The summed E-state index contributed by atoms with van der Waals surface area (Å²) in [7, 11) is 0. The lowest BCUT2D eigenvalue weighted by molar-refractivity contribution is 1.07. The van der Waals surface area contributed by atoms with Gasteiger partial charge in [0.05, 0.1) is 5.69 Å².